The number of nitrogens with two attached hydrogens (primary N) is 1. The number of hydrogen-bond acceptors (Lipinski definition) is 3. The highest BCUT2D eigenvalue weighted by Gasteiger charge is 2.06. The summed E-state index contributed by atoms with van der Waals surface area (Å²) in [5, 5.41) is 5.97. The van der Waals surface area contributed by atoms with Crippen LogP contribution < -0.4 is 16.4 Å². The predicted octanol–water partition coefficient (Wildman–Crippen LogP) is 2.90. The topological polar surface area (TPSA) is 88.7 Å². The fourth-order valence-corrected chi connectivity index (χ4v) is 2.43. The van der Waals surface area contributed by atoms with Crippen LogP contribution >= 0.6 is 0 Å². The molecule has 1 amide bonds. The van der Waals surface area contributed by atoms with Crippen LogP contribution in [0.3, 0.4) is 0 Å². The molecule has 0 heterocycles. The van der Waals surface area contributed by atoms with Gasteiger partial charge in [0, 0.05) is 30.5 Å². The Bertz CT molecular complexity index is 759. The molecule has 0 atom stereocenters. The molecule has 0 spiro atoms. The molecule has 0 aliphatic rings. The van der Waals surface area contributed by atoms with Gasteiger partial charge in [-0.15, -0.1) is 0 Å². The zero-order chi connectivity index (χ0) is 18.8. The van der Waals surface area contributed by atoms with Gasteiger partial charge in [0.1, 0.15) is 0 Å². The Balaban J connectivity index is 2.02. The molecule has 0 bridgehead atoms. The maximum atomic E-state index is 12.0. The molecule has 0 aliphatic carbocycles. The molecule has 2 aromatic carbocycles. The molecule has 0 saturated heterocycles. The highest BCUT2D eigenvalue weighted by molar-refractivity contribution is 5.94. The number of aliphatic imine (C=N–C) groups is 1. The van der Waals surface area contributed by atoms with Gasteiger partial charge in [-0.05, 0) is 30.2 Å². The molecule has 2 aromatic rings. The second-order valence-corrected chi connectivity index (χ2v) is 5.87. The van der Waals surface area contributed by atoms with Gasteiger partial charge in [-0.1, -0.05) is 37.3 Å². The number of carbonyl (C=O) groups excluding carboxylic acids is 1. The van der Waals surface area contributed by atoms with E-state index in [0.29, 0.717) is 31.2 Å². The first-order valence-corrected chi connectivity index (χ1v) is 8.65. The van der Waals surface area contributed by atoms with Gasteiger partial charge >= 0.3 is 0 Å². The number of anilines is 1. The number of amides is 1. The standard InChI is InChI=1S/C20H26N4O2/c1-3-11-22-19(25)16-9-6-7-15(12-16)13-23-20(21)24-18-10-5-4-8-17(18)14-26-2/h4-10,12H,3,11,13-14H2,1-2H3,(H,22,25)(H3,21,23,24). The Hall–Kier alpha value is -2.86. The van der Waals surface area contributed by atoms with Crippen molar-refractivity contribution in [3.63, 3.8) is 0 Å². The number of carbonyl (C=O) groups is 1. The van der Waals surface area contributed by atoms with E-state index in [4.69, 9.17) is 10.5 Å². The van der Waals surface area contributed by atoms with Gasteiger partial charge in [0.05, 0.1) is 13.2 Å². The third kappa shape index (κ3) is 5.89. The van der Waals surface area contributed by atoms with Crippen molar-refractivity contribution < 1.29 is 9.53 Å². The largest absolute Gasteiger partial charge is 0.380 e. The lowest BCUT2D eigenvalue weighted by Crippen LogP contribution is -2.24. The maximum absolute atomic E-state index is 12.0. The smallest absolute Gasteiger partial charge is 0.251 e. The fourth-order valence-electron chi connectivity index (χ4n) is 2.43. The zero-order valence-electron chi connectivity index (χ0n) is 15.3. The predicted molar refractivity (Wildman–Crippen MR) is 105 cm³/mol. The number of rotatable bonds is 8. The second kappa shape index (κ2) is 10.2. The van der Waals surface area contributed by atoms with Crippen LogP contribution in [-0.2, 0) is 17.9 Å². The normalized spacial score (nSPS) is 11.2. The van der Waals surface area contributed by atoms with Gasteiger partial charge < -0.3 is 21.1 Å². The SMILES string of the molecule is CCCNC(=O)c1cccc(CN=C(N)Nc2ccccc2COC)c1. The zero-order valence-corrected chi connectivity index (χ0v) is 15.3. The lowest BCUT2D eigenvalue weighted by molar-refractivity contribution is 0.0953. The van der Waals surface area contributed by atoms with Crippen molar-refractivity contribution >= 4 is 17.6 Å². The van der Waals surface area contributed by atoms with Crippen molar-refractivity contribution in [1.29, 1.82) is 0 Å². The molecule has 138 valence electrons. The van der Waals surface area contributed by atoms with E-state index in [1.165, 1.54) is 0 Å². The lowest BCUT2D eigenvalue weighted by atomic mass is 10.1. The van der Waals surface area contributed by atoms with Crippen molar-refractivity contribution in [1.82, 2.24) is 5.32 Å². The molecule has 4 N–H and O–H groups in total. The highest BCUT2D eigenvalue weighted by Crippen LogP contribution is 2.15. The van der Waals surface area contributed by atoms with Crippen LogP contribution in [0.4, 0.5) is 5.69 Å². The number of nitrogens with one attached hydrogen (secondary N) is 2. The molecular weight excluding hydrogens is 328 g/mol. The van der Waals surface area contributed by atoms with Crippen molar-refractivity contribution in [3.05, 3.63) is 65.2 Å². The van der Waals surface area contributed by atoms with E-state index in [1.807, 2.05) is 49.4 Å². The summed E-state index contributed by atoms with van der Waals surface area (Å²) in [5.74, 6) is 0.242. The minimum atomic E-state index is -0.0720. The number of para-hydroxylation sites is 1. The van der Waals surface area contributed by atoms with E-state index in [9.17, 15) is 4.79 Å². The van der Waals surface area contributed by atoms with Crippen molar-refractivity contribution in [2.75, 3.05) is 19.0 Å². The molecule has 26 heavy (non-hydrogen) atoms. The number of nitrogens with zero attached hydrogens (tertiary/aromatic N) is 1. The van der Waals surface area contributed by atoms with Crippen LogP contribution in [0.25, 0.3) is 0 Å². The Labute approximate surface area is 154 Å². The van der Waals surface area contributed by atoms with E-state index in [-0.39, 0.29) is 5.91 Å². The maximum Gasteiger partial charge on any atom is 0.251 e. The molecule has 0 aliphatic heterocycles. The number of methoxy groups -OCH3 is 1. The Kier molecular flexibility index (Phi) is 7.64. The molecular formula is C20H26N4O2. The number of hydrogen-bond donors (Lipinski definition) is 3. The van der Waals surface area contributed by atoms with Gasteiger partial charge in [-0.3, -0.25) is 4.79 Å². The van der Waals surface area contributed by atoms with Gasteiger partial charge in [0.2, 0.25) is 0 Å². The third-order valence-corrected chi connectivity index (χ3v) is 3.74. The van der Waals surface area contributed by atoms with Crippen LogP contribution in [0.5, 0.6) is 0 Å². The Morgan fingerprint density at radius 1 is 1.19 bits per heavy atom. The van der Waals surface area contributed by atoms with Crippen molar-refractivity contribution in [2.24, 2.45) is 10.7 Å². The van der Waals surface area contributed by atoms with Crippen LogP contribution in [-0.4, -0.2) is 25.5 Å². The minimum Gasteiger partial charge on any atom is -0.380 e. The van der Waals surface area contributed by atoms with Crippen molar-refractivity contribution in [3.8, 4) is 0 Å². The highest BCUT2D eigenvalue weighted by atomic mass is 16.5. The summed E-state index contributed by atoms with van der Waals surface area (Å²) in [6.07, 6.45) is 0.905. The van der Waals surface area contributed by atoms with Gasteiger partial charge in [0.15, 0.2) is 5.96 Å². The monoisotopic (exact) mass is 354 g/mol. The molecule has 0 unspecified atom stereocenters. The third-order valence-electron chi connectivity index (χ3n) is 3.74. The van der Waals surface area contributed by atoms with Crippen LogP contribution in [0.15, 0.2) is 53.5 Å². The molecule has 0 radical (unpaired) electrons. The molecule has 6 nitrogen and oxygen atoms in total. The fraction of sp³-hybridized carbons (Fsp3) is 0.300. The Morgan fingerprint density at radius 2 is 2.00 bits per heavy atom. The first kappa shape index (κ1) is 19.5. The van der Waals surface area contributed by atoms with Gasteiger partial charge in [-0.25, -0.2) is 4.99 Å². The van der Waals surface area contributed by atoms with Crippen molar-refractivity contribution in [2.45, 2.75) is 26.5 Å². The van der Waals surface area contributed by atoms with E-state index in [0.717, 1.165) is 23.2 Å². The molecule has 0 saturated carbocycles. The minimum absolute atomic E-state index is 0.0720. The number of ether oxygens (including phenoxy) is 1. The molecule has 6 heteroatoms. The van der Waals surface area contributed by atoms with E-state index in [2.05, 4.69) is 15.6 Å². The average molecular weight is 354 g/mol. The average Bonchev–Trinajstić information content (AvgIpc) is 2.66. The van der Waals surface area contributed by atoms with Crippen LogP contribution in [0.1, 0.15) is 34.8 Å². The number of guanidine groups is 1. The summed E-state index contributed by atoms with van der Waals surface area (Å²) < 4.78 is 5.18. The summed E-state index contributed by atoms with van der Waals surface area (Å²) in [5.41, 5.74) is 9.42. The summed E-state index contributed by atoms with van der Waals surface area (Å²) in [6.45, 7) is 3.57. The first-order chi connectivity index (χ1) is 12.6. The second-order valence-electron chi connectivity index (χ2n) is 5.87. The van der Waals surface area contributed by atoms with E-state index >= 15 is 0 Å². The molecule has 0 aromatic heterocycles. The Morgan fingerprint density at radius 3 is 2.77 bits per heavy atom. The summed E-state index contributed by atoms with van der Waals surface area (Å²) in [4.78, 5) is 16.4. The van der Waals surface area contributed by atoms with Crippen LogP contribution in [0.2, 0.25) is 0 Å². The number of benzene rings is 2. The van der Waals surface area contributed by atoms with E-state index < -0.39 is 0 Å². The molecule has 0 fully saturated rings. The van der Waals surface area contributed by atoms with Crippen LogP contribution in [0, 0.1) is 0 Å². The van der Waals surface area contributed by atoms with E-state index in [1.54, 1.807) is 13.2 Å². The van der Waals surface area contributed by atoms with Gasteiger partial charge in [0.25, 0.3) is 5.91 Å². The first-order valence-electron chi connectivity index (χ1n) is 8.65. The summed E-state index contributed by atoms with van der Waals surface area (Å²) in [6, 6.07) is 15.2. The lowest BCUT2D eigenvalue weighted by Gasteiger charge is -2.11. The summed E-state index contributed by atoms with van der Waals surface area (Å²) in [7, 11) is 1.65. The summed E-state index contributed by atoms with van der Waals surface area (Å²) >= 11 is 0. The van der Waals surface area contributed by atoms with Gasteiger partial charge in [-0.2, -0.15) is 0 Å². The molecule has 2 rings (SSSR count). The quantitative estimate of drug-likeness (QED) is 0.502.